The molecule has 3 fully saturated rings. The standard InChI is InChI=1S/C22H18F3N3O5/c23-8-1-13(24)11(14(25)2-8)5-26-21(31)12-6-27-7-17-28(22(32)18(27)20(30)19(12)29)15-4-16(33-17)10-3-9(10)15/h1-2,6,9-10,15-17,30H,3-5,7H2,(H,26,31)/t9?,10-,15+,16-,17?/m0/s1. The zero-order valence-corrected chi connectivity index (χ0v) is 17.1. The zero-order valence-electron chi connectivity index (χ0n) is 17.1. The van der Waals surface area contributed by atoms with E-state index in [1.54, 1.807) is 4.90 Å². The van der Waals surface area contributed by atoms with Gasteiger partial charge in [0, 0.05) is 36.5 Å². The van der Waals surface area contributed by atoms with E-state index in [-0.39, 0.29) is 24.4 Å². The normalized spacial score (nSPS) is 28.8. The second-order valence-electron chi connectivity index (χ2n) is 8.96. The molecular formula is C22H18F3N3O5. The molecule has 8 nitrogen and oxygen atoms in total. The Hall–Kier alpha value is -3.34. The third kappa shape index (κ3) is 2.91. The summed E-state index contributed by atoms with van der Waals surface area (Å²) in [6, 6.07) is 0.962. The molecule has 0 radical (unpaired) electrons. The number of benzene rings is 1. The van der Waals surface area contributed by atoms with Crippen molar-refractivity contribution in [3.63, 3.8) is 0 Å². The fourth-order valence-electron chi connectivity index (χ4n) is 5.54. The van der Waals surface area contributed by atoms with Gasteiger partial charge in [0.25, 0.3) is 11.8 Å². The van der Waals surface area contributed by atoms with Gasteiger partial charge in [-0.2, -0.15) is 0 Å². The fourth-order valence-corrected chi connectivity index (χ4v) is 5.54. The van der Waals surface area contributed by atoms with Crippen molar-refractivity contribution >= 4 is 11.8 Å². The Bertz CT molecular complexity index is 1270. The highest BCUT2D eigenvalue weighted by Crippen LogP contribution is 2.58. The van der Waals surface area contributed by atoms with Crippen molar-refractivity contribution in [2.75, 3.05) is 0 Å². The lowest BCUT2D eigenvalue weighted by molar-refractivity contribution is -0.144. The molecule has 1 saturated heterocycles. The van der Waals surface area contributed by atoms with Crippen molar-refractivity contribution < 1.29 is 32.6 Å². The molecule has 6 rings (SSSR count). The number of hydrogen-bond donors (Lipinski definition) is 2. The largest absolute Gasteiger partial charge is 0.503 e. The van der Waals surface area contributed by atoms with Gasteiger partial charge in [-0.25, -0.2) is 13.2 Å². The van der Waals surface area contributed by atoms with Gasteiger partial charge in [0.1, 0.15) is 23.0 Å². The summed E-state index contributed by atoms with van der Waals surface area (Å²) in [5, 5.41) is 12.7. The van der Waals surface area contributed by atoms with Crippen LogP contribution in [0.15, 0.2) is 23.1 Å². The third-order valence-electron chi connectivity index (χ3n) is 7.16. The van der Waals surface area contributed by atoms with E-state index < -0.39 is 64.3 Å². The van der Waals surface area contributed by atoms with E-state index >= 15 is 0 Å². The monoisotopic (exact) mass is 461 g/mol. The average molecular weight is 461 g/mol. The van der Waals surface area contributed by atoms with Crippen LogP contribution in [0.1, 0.15) is 39.3 Å². The predicted molar refractivity (Wildman–Crippen MR) is 105 cm³/mol. The summed E-state index contributed by atoms with van der Waals surface area (Å²) >= 11 is 0. The summed E-state index contributed by atoms with van der Waals surface area (Å²) in [6.45, 7) is -0.522. The lowest BCUT2D eigenvalue weighted by atomic mass is 10.0. The maximum atomic E-state index is 13.8. The number of carbonyl (C=O) groups excluding carboxylic acids is 2. The quantitative estimate of drug-likeness (QED) is 0.722. The fraction of sp³-hybridized carbons (Fsp3) is 0.409. The Morgan fingerprint density at radius 3 is 2.61 bits per heavy atom. The smallest absolute Gasteiger partial charge is 0.276 e. The van der Waals surface area contributed by atoms with E-state index in [1.807, 2.05) is 0 Å². The van der Waals surface area contributed by atoms with Crippen LogP contribution in [0.3, 0.4) is 0 Å². The van der Waals surface area contributed by atoms with E-state index in [0.717, 1.165) is 19.0 Å². The van der Waals surface area contributed by atoms with Gasteiger partial charge in [-0.3, -0.25) is 14.4 Å². The molecule has 1 aromatic carbocycles. The van der Waals surface area contributed by atoms with Crippen molar-refractivity contribution in [2.24, 2.45) is 11.8 Å². The second kappa shape index (κ2) is 6.83. The van der Waals surface area contributed by atoms with Crippen LogP contribution in [0.5, 0.6) is 5.75 Å². The number of nitrogens with one attached hydrogen (secondary N) is 1. The number of pyridine rings is 1. The summed E-state index contributed by atoms with van der Waals surface area (Å²) in [7, 11) is 0. The molecule has 0 spiro atoms. The number of carbonyl (C=O) groups is 2. The Morgan fingerprint density at radius 2 is 1.88 bits per heavy atom. The van der Waals surface area contributed by atoms with Gasteiger partial charge in [-0.15, -0.1) is 0 Å². The first-order valence-corrected chi connectivity index (χ1v) is 10.6. The molecule has 1 aromatic heterocycles. The van der Waals surface area contributed by atoms with Crippen molar-refractivity contribution in [1.29, 1.82) is 0 Å². The van der Waals surface area contributed by atoms with Crippen LogP contribution in [-0.4, -0.2) is 44.8 Å². The second-order valence-corrected chi connectivity index (χ2v) is 8.96. The molecule has 33 heavy (non-hydrogen) atoms. The van der Waals surface area contributed by atoms with Crippen molar-refractivity contribution in [3.8, 4) is 5.75 Å². The first-order chi connectivity index (χ1) is 15.7. The van der Waals surface area contributed by atoms with Crippen LogP contribution >= 0.6 is 0 Å². The number of nitrogens with zero attached hydrogens (tertiary/aromatic N) is 2. The number of ether oxygens (including phenoxy) is 1. The van der Waals surface area contributed by atoms with E-state index in [0.29, 0.717) is 24.0 Å². The van der Waals surface area contributed by atoms with Gasteiger partial charge in [0.2, 0.25) is 5.43 Å². The molecule has 4 aliphatic rings. The highest BCUT2D eigenvalue weighted by Gasteiger charge is 2.63. The number of rotatable bonds is 3. The Kier molecular flexibility index (Phi) is 4.20. The lowest BCUT2D eigenvalue weighted by Gasteiger charge is -2.45. The SMILES string of the molecule is O=C(NCc1c(F)cc(F)cc1F)c1cn2c(c(O)c1=O)C(=O)N1C(C2)O[C@H]2C[C@@H]1C1C[C@@H]12. The first-order valence-electron chi connectivity index (χ1n) is 10.6. The molecule has 2 unspecified atom stereocenters. The van der Waals surface area contributed by atoms with E-state index in [4.69, 9.17) is 4.74 Å². The molecule has 2 aliphatic heterocycles. The topological polar surface area (TPSA) is 101 Å². The number of amides is 2. The average Bonchev–Trinajstić information content (AvgIpc) is 3.50. The molecule has 2 aromatic rings. The predicted octanol–water partition coefficient (Wildman–Crippen LogP) is 1.49. The number of hydrogen-bond acceptors (Lipinski definition) is 5. The van der Waals surface area contributed by atoms with E-state index in [2.05, 4.69) is 5.32 Å². The highest BCUT2D eigenvalue weighted by molar-refractivity contribution is 5.99. The van der Waals surface area contributed by atoms with Gasteiger partial charge < -0.3 is 24.6 Å². The molecule has 2 N–H and O–H groups in total. The Morgan fingerprint density at radius 1 is 1.15 bits per heavy atom. The first kappa shape index (κ1) is 20.3. The minimum Gasteiger partial charge on any atom is -0.503 e. The Labute approximate surface area is 184 Å². The van der Waals surface area contributed by atoms with E-state index in [1.165, 1.54) is 4.57 Å². The van der Waals surface area contributed by atoms with Gasteiger partial charge in [-0.05, 0) is 24.7 Å². The van der Waals surface area contributed by atoms with Crippen LogP contribution in [0, 0.1) is 29.3 Å². The van der Waals surface area contributed by atoms with Crippen LogP contribution in [0.2, 0.25) is 0 Å². The molecule has 2 saturated carbocycles. The van der Waals surface area contributed by atoms with Crippen LogP contribution in [0.25, 0.3) is 0 Å². The molecule has 2 bridgehead atoms. The maximum absolute atomic E-state index is 13.8. The number of fused-ring (bicyclic) bond motifs is 8. The van der Waals surface area contributed by atoms with Crippen LogP contribution in [0.4, 0.5) is 13.2 Å². The molecule has 3 heterocycles. The minimum absolute atomic E-state index is 0.0120. The molecule has 5 atom stereocenters. The molecule has 172 valence electrons. The number of halogens is 3. The molecule has 2 aliphatic carbocycles. The van der Waals surface area contributed by atoms with Gasteiger partial charge >= 0.3 is 0 Å². The van der Waals surface area contributed by atoms with Gasteiger partial charge in [-0.1, -0.05) is 0 Å². The summed E-state index contributed by atoms with van der Waals surface area (Å²) in [6.07, 6.45) is 2.38. The van der Waals surface area contributed by atoms with Crippen LogP contribution in [-0.2, 0) is 17.8 Å². The Balaban J connectivity index is 1.30. The minimum atomic E-state index is -1.19. The van der Waals surface area contributed by atoms with Crippen molar-refractivity contribution in [2.45, 2.75) is 44.3 Å². The lowest BCUT2D eigenvalue weighted by Crippen LogP contribution is -2.58. The molecule has 2 amide bonds. The summed E-state index contributed by atoms with van der Waals surface area (Å²) in [4.78, 5) is 40.1. The number of aromatic hydroxyl groups is 1. The highest BCUT2D eigenvalue weighted by atomic mass is 19.1. The zero-order chi connectivity index (χ0) is 23.2. The number of aromatic nitrogens is 1. The molecular weight excluding hydrogens is 443 g/mol. The summed E-state index contributed by atoms with van der Waals surface area (Å²) in [5.41, 5.74) is -2.36. The maximum Gasteiger partial charge on any atom is 0.276 e. The van der Waals surface area contributed by atoms with Crippen LogP contribution < -0.4 is 10.7 Å². The van der Waals surface area contributed by atoms with Gasteiger partial charge in [0.05, 0.1) is 12.6 Å². The van der Waals surface area contributed by atoms with Crippen molar-refractivity contribution in [1.82, 2.24) is 14.8 Å². The van der Waals surface area contributed by atoms with Gasteiger partial charge in [0.15, 0.2) is 17.7 Å². The van der Waals surface area contributed by atoms with E-state index in [9.17, 15) is 32.7 Å². The van der Waals surface area contributed by atoms with Crippen molar-refractivity contribution in [3.05, 3.63) is 62.8 Å². The third-order valence-corrected chi connectivity index (χ3v) is 7.16. The molecule has 11 heteroatoms. The summed E-state index contributed by atoms with van der Waals surface area (Å²) < 4.78 is 48.1. The summed E-state index contributed by atoms with van der Waals surface area (Å²) in [5.74, 6) is -5.07.